The molecule has 8 heteroatoms. The Hall–Kier alpha value is -3.22. The third kappa shape index (κ3) is 5.24. The van der Waals surface area contributed by atoms with E-state index in [1.807, 2.05) is 0 Å². The van der Waals surface area contributed by atoms with Crippen LogP contribution >= 0.6 is 0 Å². The lowest BCUT2D eigenvalue weighted by atomic mass is 10.0. The lowest BCUT2D eigenvalue weighted by molar-refractivity contribution is 0.125. The minimum Gasteiger partial charge on any atom is -0.393 e. The van der Waals surface area contributed by atoms with Gasteiger partial charge in [0.25, 0.3) is 0 Å². The molecule has 1 aliphatic rings. The summed E-state index contributed by atoms with van der Waals surface area (Å²) in [6.07, 6.45) is 1.84. The first-order valence-electron chi connectivity index (χ1n) is 10.7. The standard InChI is InChI=1S/C25H26FN3O4/c1-16(31)25-27-10-11-29(25)20(13-30)8-4-17-2-5-18(6-3-17)21-9-7-19(12-22(21)26)28-23-14-33-15-24(23)32/h2-3,5-7,9-12,16,20,23-24,28,30-32H,13-15H2,1H3/t16-,20-,23-,24-/m0/s1. The van der Waals surface area contributed by atoms with Gasteiger partial charge in [0, 0.05) is 29.2 Å². The molecule has 2 aromatic carbocycles. The van der Waals surface area contributed by atoms with Crippen molar-refractivity contribution in [1.29, 1.82) is 0 Å². The van der Waals surface area contributed by atoms with Crippen LogP contribution in [0.15, 0.2) is 54.9 Å². The van der Waals surface area contributed by atoms with Crippen LogP contribution in [0.5, 0.6) is 0 Å². The summed E-state index contributed by atoms with van der Waals surface area (Å²) in [7, 11) is 0. The summed E-state index contributed by atoms with van der Waals surface area (Å²) in [6, 6.07) is 11.2. The van der Waals surface area contributed by atoms with Gasteiger partial charge in [-0.1, -0.05) is 24.0 Å². The largest absolute Gasteiger partial charge is 0.393 e. The molecule has 0 radical (unpaired) electrons. The minimum atomic E-state index is -0.775. The van der Waals surface area contributed by atoms with Crippen LogP contribution in [-0.4, -0.2) is 56.8 Å². The molecule has 0 saturated carbocycles. The first-order valence-corrected chi connectivity index (χ1v) is 10.7. The van der Waals surface area contributed by atoms with Gasteiger partial charge < -0.3 is 29.9 Å². The van der Waals surface area contributed by atoms with Crippen molar-refractivity contribution in [2.75, 3.05) is 25.1 Å². The Kier molecular flexibility index (Phi) is 7.06. The average molecular weight is 451 g/mol. The zero-order chi connectivity index (χ0) is 23.4. The highest BCUT2D eigenvalue weighted by atomic mass is 19.1. The molecule has 4 N–H and O–H groups in total. The first kappa shape index (κ1) is 23.0. The number of hydrogen-bond donors (Lipinski definition) is 4. The Morgan fingerprint density at radius 3 is 2.67 bits per heavy atom. The number of benzene rings is 2. The van der Waals surface area contributed by atoms with E-state index in [1.54, 1.807) is 60.3 Å². The molecule has 172 valence electrons. The van der Waals surface area contributed by atoms with E-state index >= 15 is 0 Å². The number of halogens is 1. The van der Waals surface area contributed by atoms with Crippen molar-refractivity contribution in [2.45, 2.75) is 31.2 Å². The number of imidazole rings is 1. The summed E-state index contributed by atoms with van der Waals surface area (Å²) in [4.78, 5) is 4.11. The molecule has 1 aliphatic heterocycles. The lowest BCUT2D eigenvalue weighted by Crippen LogP contribution is -2.31. The van der Waals surface area contributed by atoms with Gasteiger partial charge in [0.15, 0.2) is 0 Å². The predicted molar refractivity (Wildman–Crippen MR) is 122 cm³/mol. The number of nitrogens with one attached hydrogen (secondary N) is 1. The third-order valence-corrected chi connectivity index (χ3v) is 5.53. The molecule has 4 rings (SSSR count). The van der Waals surface area contributed by atoms with Crippen molar-refractivity contribution in [3.05, 3.63) is 72.1 Å². The van der Waals surface area contributed by atoms with Gasteiger partial charge in [-0.25, -0.2) is 9.37 Å². The number of ether oxygens (including phenoxy) is 1. The monoisotopic (exact) mass is 451 g/mol. The van der Waals surface area contributed by atoms with Crippen molar-refractivity contribution < 1.29 is 24.4 Å². The molecule has 1 aromatic heterocycles. The van der Waals surface area contributed by atoms with Gasteiger partial charge in [-0.3, -0.25) is 0 Å². The fraction of sp³-hybridized carbons (Fsp3) is 0.320. The van der Waals surface area contributed by atoms with E-state index in [2.05, 4.69) is 22.1 Å². The summed E-state index contributed by atoms with van der Waals surface area (Å²) in [5.41, 5.74) is 2.46. The van der Waals surface area contributed by atoms with Crippen molar-refractivity contribution >= 4 is 5.69 Å². The smallest absolute Gasteiger partial charge is 0.138 e. The van der Waals surface area contributed by atoms with E-state index < -0.39 is 18.2 Å². The van der Waals surface area contributed by atoms with Crippen molar-refractivity contribution in [3.63, 3.8) is 0 Å². The van der Waals surface area contributed by atoms with Gasteiger partial charge >= 0.3 is 0 Å². The molecular formula is C25H26FN3O4. The Labute approximate surface area is 191 Å². The number of aliphatic hydroxyl groups excluding tert-OH is 3. The van der Waals surface area contributed by atoms with Crippen molar-refractivity contribution in [3.8, 4) is 23.0 Å². The highest BCUT2D eigenvalue weighted by Gasteiger charge is 2.26. The number of aromatic nitrogens is 2. The maximum atomic E-state index is 14.7. The number of aliphatic hydroxyl groups is 3. The average Bonchev–Trinajstić information content (AvgIpc) is 3.45. The second-order valence-corrected chi connectivity index (χ2v) is 7.96. The van der Waals surface area contributed by atoms with Crippen LogP contribution in [0.1, 0.15) is 30.5 Å². The zero-order valence-electron chi connectivity index (χ0n) is 18.1. The second-order valence-electron chi connectivity index (χ2n) is 7.96. The van der Waals surface area contributed by atoms with Crippen LogP contribution in [-0.2, 0) is 4.74 Å². The fourth-order valence-electron chi connectivity index (χ4n) is 3.75. The normalized spacial score (nSPS) is 19.5. The van der Waals surface area contributed by atoms with E-state index in [0.29, 0.717) is 34.8 Å². The van der Waals surface area contributed by atoms with Gasteiger partial charge in [-0.05, 0) is 42.8 Å². The zero-order valence-corrected chi connectivity index (χ0v) is 18.1. The molecule has 7 nitrogen and oxygen atoms in total. The van der Waals surface area contributed by atoms with E-state index in [4.69, 9.17) is 4.74 Å². The fourth-order valence-corrected chi connectivity index (χ4v) is 3.75. The SMILES string of the molecule is C[C@H](O)c1nccn1[C@@H](C#Cc1ccc(-c2ccc(N[C@H]3COC[C@@H]3O)cc2F)cc1)CO. The van der Waals surface area contributed by atoms with E-state index in [1.165, 1.54) is 6.07 Å². The molecule has 1 saturated heterocycles. The van der Waals surface area contributed by atoms with Gasteiger partial charge in [0.2, 0.25) is 0 Å². The topological polar surface area (TPSA) is 99.8 Å². The number of nitrogens with zero attached hydrogens (tertiary/aromatic N) is 2. The molecule has 0 spiro atoms. The molecule has 0 aliphatic carbocycles. The second kappa shape index (κ2) is 10.1. The molecule has 0 amide bonds. The molecule has 2 heterocycles. The third-order valence-electron chi connectivity index (χ3n) is 5.53. The Bertz CT molecular complexity index is 1150. The maximum Gasteiger partial charge on any atom is 0.138 e. The summed E-state index contributed by atoms with van der Waals surface area (Å²) in [6.45, 7) is 2.03. The Morgan fingerprint density at radius 1 is 1.24 bits per heavy atom. The Balaban J connectivity index is 1.48. The maximum absolute atomic E-state index is 14.7. The molecular weight excluding hydrogens is 425 g/mol. The van der Waals surface area contributed by atoms with Crippen molar-refractivity contribution in [1.82, 2.24) is 9.55 Å². The number of anilines is 1. The van der Waals surface area contributed by atoms with Crippen LogP contribution < -0.4 is 5.32 Å². The van der Waals surface area contributed by atoms with Gasteiger partial charge in [-0.2, -0.15) is 0 Å². The van der Waals surface area contributed by atoms with Gasteiger partial charge in [0.05, 0.1) is 32.0 Å². The van der Waals surface area contributed by atoms with Crippen LogP contribution in [0, 0.1) is 17.7 Å². The van der Waals surface area contributed by atoms with E-state index in [0.717, 1.165) is 0 Å². The van der Waals surface area contributed by atoms with Crippen LogP contribution in [0.2, 0.25) is 0 Å². The van der Waals surface area contributed by atoms with Crippen LogP contribution in [0.4, 0.5) is 10.1 Å². The van der Waals surface area contributed by atoms with Crippen molar-refractivity contribution in [2.24, 2.45) is 0 Å². The molecule has 0 bridgehead atoms. The first-order chi connectivity index (χ1) is 16.0. The molecule has 33 heavy (non-hydrogen) atoms. The predicted octanol–water partition coefficient (Wildman–Crippen LogP) is 2.50. The highest BCUT2D eigenvalue weighted by Crippen LogP contribution is 2.26. The van der Waals surface area contributed by atoms with E-state index in [9.17, 15) is 19.7 Å². The number of hydrogen-bond acceptors (Lipinski definition) is 6. The number of rotatable bonds is 6. The van der Waals surface area contributed by atoms with Crippen LogP contribution in [0.25, 0.3) is 11.1 Å². The summed E-state index contributed by atoms with van der Waals surface area (Å²) in [5, 5.41) is 32.5. The van der Waals surface area contributed by atoms with E-state index in [-0.39, 0.29) is 25.1 Å². The summed E-state index contributed by atoms with van der Waals surface area (Å²) >= 11 is 0. The quantitative estimate of drug-likeness (QED) is 0.430. The summed E-state index contributed by atoms with van der Waals surface area (Å²) < 4.78 is 21.6. The molecule has 1 fully saturated rings. The van der Waals surface area contributed by atoms with Gasteiger partial charge in [0.1, 0.15) is 23.8 Å². The molecule has 4 atom stereocenters. The molecule has 0 unspecified atom stereocenters. The molecule has 3 aromatic rings. The van der Waals surface area contributed by atoms with Gasteiger partial charge in [-0.15, -0.1) is 0 Å². The lowest BCUT2D eigenvalue weighted by Gasteiger charge is -2.16. The minimum absolute atomic E-state index is 0.225. The van der Waals surface area contributed by atoms with Crippen LogP contribution in [0.3, 0.4) is 0 Å². The summed E-state index contributed by atoms with van der Waals surface area (Å²) in [5.74, 6) is 6.07. The highest BCUT2D eigenvalue weighted by molar-refractivity contribution is 5.67. The Morgan fingerprint density at radius 2 is 2.03 bits per heavy atom.